The molecule has 2 aromatic rings. The van der Waals surface area contributed by atoms with Crippen LogP contribution >= 0.6 is 23.6 Å². The van der Waals surface area contributed by atoms with E-state index in [0.717, 1.165) is 6.07 Å². The van der Waals surface area contributed by atoms with Gasteiger partial charge in [0.25, 0.3) is 0 Å². The van der Waals surface area contributed by atoms with Crippen LogP contribution in [0.4, 0.5) is 14.5 Å². The highest BCUT2D eigenvalue weighted by atomic mass is 32.1. The van der Waals surface area contributed by atoms with Gasteiger partial charge in [0.2, 0.25) is 0 Å². The van der Waals surface area contributed by atoms with Crippen LogP contribution in [0, 0.1) is 11.6 Å². The molecule has 0 spiro atoms. The summed E-state index contributed by atoms with van der Waals surface area (Å²) in [4.78, 5) is 2.52. The maximum atomic E-state index is 13.6. The molecule has 0 radical (unpaired) electrons. The molecule has 0 saturated heterocycles. The standard InChI is InChI=1S/C15H17F2N3S2/c1-20(2)13(14-4-3-7-22-14)9-18-15(21)19-12-6-5-10(16)8-11(12)17/h3-8,13H,9H2,1-2H3,(H2,18,19,21)/p+1/t13-/m0/s1. The Kier molecular flexibility index (Phi) is 5.82. The van der Waals surface area contributed by atoms with Gasteiger partial charge in [0.05, 0.1) is 31.2 Å². The first kappa shape index (κ1) is 16.8. The van der Waals surface area contributed by atoms with Crippen LogP contribution in [0.3, 0.4) is 0 Å². The first-order chi connectivity index (χ1) is 10.5. The predicted molar refractivity (Wildman–Crippen MR) is 90.5 cm³/mol. The van der Waals surface area contributed by atoms with E-state index in [2.05, 4.69) is 30.8 Å². The number of hydrogen-bond donors (Lipinski definition) is 3. The zero-order valence-electron chi connectivity index (χ0n) is 12.3. The number of thiocarbonyl (C=S) groups is 1. The number of hydrogen-bond acceptors (Lipinski definition) is 2. The van der Waals surface area contributed by atoms with Gasteiger partial charge in [-0.25, -0.2) is 8.78 Å². The SMILES string of the molecule is C[NH+](C)[C@@H](CNC(=S)Nc1ccc(F)cc1F)c1cccs1. The normalized spacial score (nSPS) is 12.2. The van der Waals surface area contributed by atoms with E-state index in [-0.39, 0.29) is 11.7 Å². The Hall–Kier alpha value is -1.57. The molecule has 0 aliphatic rings. The Labute approximate surface area is 138 Å². The number of anilines is 1. The molecule has 7 heteroatoms. The fraction of sp³-hybridized carbons (Fsp3) is 0.267. The van der Waals surface area contributed by atoms with Gasteiger partial charge in [0, 0.05) is 6.07 Å². The van der Waals surface area contributed by atoms with Gasteiger partial charge in [0.15, 0.2) is 5.11 Å². The number of benzene rings is 1. The molecular formula is C15H18F2N3S2+. The van der Waals surface area contributed by atoms with E-state index >= 15 is 0 Å². The number of quaternary nitrogens is 1. The van der Waals surface area contributed by atoms with Crippen molar-refractivity contribution in [2.75, 3.05) is 26.0 Å². The Bertz CT molecular complexity index is 630. The molecule has 0 aliphatic heterocycles. The van der Waals surface area contributed by atoms with Crippen molar-refractivity contribution in [2.24, 2.45) is 0 Å². The highest BCUT2D eigenvalue weighted by Gasteiger charge is 2.19. The third-order valence-corrected chi connectivity index (χ3v) is 4.46. The average Bonchev–Trinajstić information content (AvgIpc) is 2.96. The van der Waals surface area contributed by atoms with E-state index in [1.807, 2.05) is 11.4 Å². The van der Waals surface area contributed by atoms with Crippen molar-refractivity contribution in [3.05, 3.63) is 52.2 Å². The smallest absolute Gasteiger partial charge is 0.171 e. The summed E-state index contributed by atoms with van der Waals surface area (Å²) >= 11 is 6.87. The van der Waals surface area contributed by atoms with E-state index < -0.39 is 11.6 Å². The number of halogens is 2. The highest BCUT2D eigenvalue weighted by molar-refractivity contribution is 7.80. The molecule has 1 aromatic carbocycles. The van der Waals surface area contributed by atoms with Crippen molar-refractivity contribution in [3.63, 3.8) is 0 Å². The molecule has 0 aliphatic carbocycles. The topological polar surface area (TPSA) is 28.5 Å². The minimum Gasteiger partial charge on any atom is -0.356 e. The Morgan fingerprint density at radius 3 is 2.68 bits per heavy atom. The highest BCUT2D eigenvalue weighted by Crippen LogP contribution is 2.16. The summed E-state index contributed by atoms with van der Waals surface area (Å²) in [6.45, 7) is 0.623. The molecule has 22 heavy (non-hydrogen) atoms. The summed E-state index contributed by atoms with van der Waals surface area (Å²) in [6.07, 6.45) is 0. The van der Waals surface area contributed by atoms with Crippen LogP contribution in [0.25, 0.3) is 0 Å². The van der Waals surface area contributed by atoms with Gasteiger partial charge in [-0.3, -0.25) is 0 Å². The van der Waals surface area contributed by atoms with Crippen molar-refractivity contribution in [1.29, 1.82) is 0 Å². The molecule has 0 fully saturated rings. The molecule has 2 rings (SSSR count). The molecule has 3 nitrogen and oxygen atoms in total. The summed E-state index contributed by atoms with van der Waals surface area (Å²) in [5, 5.41) is 8.19. The molecule has 3 N–H and O–H groups in total. The van der Waals surface area contributed by atoms with E-state index in [1.165, 1.54) is 21.9 Å². The molecule has 118 valence electrons. The molecule has 0 unspecified atom stereocenters. The summed E-state index contributed by atoms with van der Waals surface area (Å²) in [5.41, 5.74) is 0.156. The minimum atomic E-state index is -0.669. The molecule has 1 aromatic heterocycles. The first-order valence-electron chi connectivity index (χ1n) is 6.80. The second kappa shape index (κ2) is 7.62. The lowest BCUT2D eigenvalue weighted by Gasteiger charge is -2.21. The zero-order chi connectivity index (χ0) is 16.1. The molecule has 0 bridgehead atoms. The van der Waals surface area contributed by atoms with Crippen LogP contribution in [-0.2, 0) is 0 Å². The van der Waals surface area contributed by atoms with E-state index in [0.29, 0.717) is 11.7 Å². The third-order valence-electron chi connectivity index (χ3n) is 3.23. The van der Waals surface area contributed by atoms with Gasteiger partial charge in [-0.15, -0.1) is 11.3 Å². The van der Waals surface area contributed by atoms with Crippen LogP contribution in [0.2, 0.25) is 0 Å². The molecule has 1 atom stereocenters. The van der Waals surface area contributed by atoms with Gasteiger partial charge < -0.3 is 15.5 Å². The maximum absolute atomic E-state index is 13.6. The Balaban J connectivity index is 1.94. The van der Waals surface area contributed by atoms with Gasteiger partial charge in [-0.2, -0.15) is 0 Å². The summed E-state index contributed by atoms with van der Waals surface area (Å²) in [6, 6.07) is 7.68. The minimum absolute atomic E-state index is 0.156. The lowest BCUT2D eigenvalue weighted by molar-refractivity contribution is -0.890. The zero-order valence-corrected chi connectivity index (χ0v) is 14.0. The molecular weight excluding hydrogens is 324 g/mol. The van der Waals surface area contributed by atoms with E-state index in [4.69, 9.17) is 12.2 Å². The van der Waals surface area contributed by atoms with Crippen LogP contribution in [0.5, 0.6) is 0 Å². The van der Waals surface area contributed by atoms with Gasteiger partial charge in [-0.1, -0.05) is 6.07 Å². The molecule has 0 amide bonds. The molecule has 0 saturated carbocycles. The predicted octanol–water partition coefficient (Wildman–Crippen LogP) is 2.20. The Morgan fingerprint density at radius 1 is 1.32 bits per heavy atom. The lowest BCUT2D eigenvalue weighted by Crippen LogP contribution is -3.06. The van der Waals surface area contributed by atoms with Crippen molar-refractivity contribution in [1.82, 2.24) is 5.32 Å². The quantitative estimate of drug-likeness (QED) is 0.728. The summed E-state index contributed by atoms with van der Waals surface area (Å²) < 4.78 is 26.4. The second-order valence-corrected chi connectivity index (χ2v) is 6.49. The number of rotatable bonds is 5. The average molecular weight is 342 g/mol. The first-order valence-corrected chi connectivity index (χ1v) is 8.09. The van der Waals surface area contributed by atoms with Crippen LogP contribution in [-0.4, -0.2) is 25.8 Å². The fourth-order valence-corrected chi connectivity index (χ4v) is 3.18. The van der Waals surface area contributed by atoms with Crippen LogP contribution in [0.15, 0.2) is 35.7 Å². The Morgan fingerprint density at radius 2 is 2.09 bits per heavy atom. The van der Waals surface area contributed by atoms with Crippen molar-refractivity contribution in [2.45, 2.75) is 6.04 Å². The van der Waals surface area contributed by atoms with E-state index in [9.17, 15) is 8.78 Å². The van der Waals surface area contributed by atoms with Crippen LogP contribution < -0.4 is 15.5 Å². The summed E-state index contributed by atoms with van der Waals surface area (Å²) in [7, 11) is 4.14. The largest absolute Gasteiger partial charge is 0.356 e. The monoisotopic (exact) mass is 342 g/mol. The summed E-state index contributed by atoms with van der Waals surface area (Å²) in [5.74, 6) is -1.28. The maximum Gasteiger partial charge on any atom is 0.171 e. The van der Waals surface area contributed by atoms with Crippen molar-refractivity contribution in [3.8, 4) is 0 Å². The number of nitrogens with one attached hydrogen (secondary N) is 3. The lowest BCUT2D eigenvalue weighted by atomic mass is 10.2. The fourth-order valence-electron chi connectivity index (χ4n) is 2.03. The molecule has 1 heterocycles. The second-order valence-electron chi connectivity index (χ2n) is 5.10. The van der Waals surface area contributed by atoms with Gasteiger partial charge >= 0.3 is 0 Å². The van der Waals surface area contributed by atoms with E-state index in [1.54, 1.807) is 11.3 Å². The van der Waals surface area contributed by atoms with Gasteiger partial charge in [-0.05, 0) is 35.8 Å². The van der Waals surface area contributed by atoms with Crippen molar-refractivity contribution >= 4 is 34.4 Å². The number of thiophene rings is 1. The van der Waals surface area contributed by atoms with Gasteiger partial charge in [0.1, 0.15) is 17.7 Å². The van der Waals surface area contributed by atoms with Crippen LogP contribution in [0.1, 0.15) is 10.9 Å². The third kappa shape index (κ3) is 4.46. The van der Waals surface area contributed by atoms with Crippen molar-refractivity contribution < 1.29 is 13.7 Å². The number of likely N-dealkylation sites (N-methyl/N-ethyl adjacent to an activating group) is 1.